The molecule has 0 heterocycles. The molecule has 0 saturated carbocycles. The van der Waals surface area contributed by atoms with Crippen molar-refractivity contribution in [2.75, 3.05) is 11.9 Å². The van der Waals surface area contributed by atoms with Gasteiger partial charge in [0.2, 0.25) is 5.91 Å². The third-order valence-electron chi connectivity index (χ3n) is 3.22. The lowest BCUT2D eigenvalue weighted by Gasteiger charge is -2.15. The quantitative estimate of drug-likeness (QED) is 0.757. The van der Waals surface area contributed by atoms with Crippen LogP contribution >= 0.6 is 15.9 Å². The molecule has 2 N–H and O–H groups in total. The number of hydrogen-bond acceptors (Lipinski definition) is 2. The van der Waals surface area contributed by atoms with Crippen LogP contribution in [-0.2, 0) is 4.79 Å². The van der Waals surface area contributed by atoms with Crippen LogP contribution in [-0.4, -0.2) is 12.5 Å². The maximum Gasteiger partial charge on any atom is 0.239 e. The van der Waals surface area contributed by atoms with Gasteiger partial charge in [0.1, 0.15) is 0 Å². The van der Waals surface area contributed by atoms with Gasteiger partial charge in [-0.15, -0.1) is 0 Å². The van der Waals surface area contributed by atoms with Gasteiger partial charge in [0.25, 0.3) is 0 Å². The smallest absolute Gasteiger partial charge is 0.239 e. The van der Waals surface area contributed by atoms with Gasteiger partial charge >= 0.3 is 0 Å². The summed E-state index contributed by atoms with van der Waals surface area (Å²) in [4.78, 5) is 11.9. The van der Waals surface area contributed by atoms with Gasteiger partial charge in [-0.2, -0.15) is 0 Å². The predicted molar refractivity (Wildman–Crippen MR) is 85.5 cm³/mol. The highest BCUT2D eigenvalue weighted by molar-refractivity contribution is 9.10. The molecule has 0 aliphatic heterocycles. The maximum absolute atomic E-state index is 13.5. The van der Waals surface area contributed by atoms with Crippen molar-refractivity contribution in [2.24, 2.45) is 0 Å². The van der Waals surface area contributed by atoms with Crippen LogP contribution in [0.25, 0.3) is 0 Å². The summed E-state index contributed by atoms with van der Waals surface area (Å²) >= 11 is 3.32. The van der Waals surface area contributed by atoms with Crippen molar-refractivity contribution in [3.8, 4) is 0 Å². The normalized spacial score (nSPS) is 11.9. The van der Waals surface area contributed by atoms with Crippen molar-refractivity contribution < 1.29 is 18.0 Å². The highest BCUT2D eigenvalue weighted by Gasteiger charge is 2.14. The fourth-order valence-corrected chi connectivity index (χ4v) is 2.23. The van der Waals surface area contributed by atoms with Gasteiger partial charge in [-0.3, -0.25) is 4.79 Å². The fraction of sp³-hybridized carbons (Fsp3) is 0.188. The fourth-order valence-electron chi connectivity index (χ4n) is 1.97. The number of carbonyl (C=O) groups excluding carboxylic acids is 1. The first-order chi connectivity index (χ1) is 10.9. The summed E-state index contributed by atoms with van der Waals surface area (Å²) in [6, 6.07) is 9.02. The van der Waals surface area contributed by atoms with Crippen molar-refractivity contribution in [2.45, 2.75) is 13.0 Å². The second-order valence-corrected chi connectivity index (χ2v) is 5.83. The molecule has 1 atom stereocenters. The second kappa shape index (κ2) is 7.50. The summed E-state index contributed by atoms with van der Waals surface area (Å²) < 4.78 is 40.3. The van der Waals surface area contributed by atoms with Crippen LogP contribution < -0.4 is 10.6 Å². The lowest BCUT2D eigenvalue weighted by molar-refractivity contribution is -0.120. The van der Waals surface area contributed by atoms with E-state index in [4.69, 9.17) is 0 Å². The van der Waals surface area contributed by atoms with Gasteiger partial charge in [0.15, 0.2) is 17.5 Å². The zero-order valence-electron chi connectivity index (χ0n) is 12.2. The third kappa shape index (κ3) is 4.48. The molecular weight excluding hydrogens is 373 g/mol. The van der Waals surface area contributed by atoms with Crippen LogP contribution in [0.3, 0.4) is 0 Å². The molecule has 0 spiro atoms. The predicted octanol–water partition coefficient (Wildman–Crippen LogP) is 4.16. The van der Waals surface area contributed by atoms with E-state index in [1.165, 1.54) is 0 Å². The Bertz CT molecular complexity index is 707. The summed E-state index contributed by atoms with van der Waals surface area (Å²) in [5.74, 6) is -4.59. The van der Waals surface area contributed by atoms with Gasteiger partial charge < -0.3 is 10.6 Å². The molecule has 23 heavy (non-hydrogen) atoms. The van der Waals surface area contributed by atoms with E-state index in [1.54, 1.807) is 6.92 Å². The van der Waals surface area contributed by atoms with Gasteiger partial charge in [-0.05, 0) is 36.8 Å². The monoisotopic (exact) mass is 386 g/mol. The molecule has 0 aliphatic carbocycles. The molecule has 2 aromatic carbocycles. The lowest BCUT2D eigenvalue weighted by atomic mass is 10.1. The largest absolute Gasteiger partial charge is 0.374 e. The topological polar surface area (TPSA) is 41.1 Å². The number of nitrogens with one attached hydrogen (secondary N) is 2. The Kier molecular flexibility index (Phi) is 5.65. The van der Waals surface area contributed by atoms with E-state index in [2.05, 4.69) is 26.6 Å². The number of anilines is 1. The van der Waals surface area contributed by atoms with E-state index in [9.17, 15) is 18.0 Å². The van der Waals surface area contributed by atoms with Crippen LogP contribution in [0.1, 0.15) is 18.5 Å². The third-order valence-corrected chi connectivity index (χ3v) is 3.75. The Morgan fingerprint density at radius 3 is 2.39 bits per heavy atom. The molecule has 0 radical (unpaired) electrons. The summed E-state index contributed by atoms with van der Waals surface area (Å²) in [7, 11) is 0. The van der Waals surface area contributed by atoms with Crippen LogP contribution in [0.2, 0.25) is 0 Å². The number of benzene rings is 2. The van der Waals surface area contributed by atoms with E-state index in [0.717, 1.165) is 22.2 Å². The van der Waals surface area contributed by atoms with Crippen LogP contribution in [0.5, 0.6) is 0 Å². The highest BCUT2D eigenvalue weighted by Crippen LogP contribution is 2.19. The average molecular weight is 387 g/mol. The Labute approximate surface area is 140 Å². The molecule has 0 aromatic heterocycles. The maximum atomic E-state index is 13.5. The molecule has 122 valence electrons. The minimum Gasteiger partial charge on any atom is -0.374 e. The first-order valence-corrected chi connectivity index (χ1v) is 7.60. The van der Waals surface area contributed by atoms with Crippen molar-refractivity contribution in [3.05, 3.63) is 63.9 Å². The Hall–Kier alpha value is -2.02. The number of amides is 1. The van der Waals surface area contributed by atoms with E-state index in [-0.39, 0.29) is 18.3 Å². The highest BCUT2D eigenvalue weighted by atomic mass is 79.9. The first kappa shape index (κ1) is 17.3. The molecular formula is C16H14BrF3N2O. The Morgan fingerprint density at radius 2 is 1.74 bits per heavy atom. The molecule has 7 heteroatoms. The average Bonchev–Trinajstić information content (AvgIpc) is 2.52. The number of rotatable bonds is 5. The zero-order valence-corrected chi connectivity index (χ0v) is 13.8. The summed E-state index contributed by atoms with van der Waals surface area (Å²) in [5, 5.41) is 5.17. The minimum absolute atomic E-state index is 0.243. The van der Waals surface area contributed by atoms with Crippen LogP contribution in [0, 0.1) is 17.5 Å². The molecule has 2 rings (SSSR count). The molecule has 3 nitrogen and oxygen atoms in total. The number of carbonyl (C=O) groups is 1. The van der Waals surface area contributed by atoms with Crippen molar-refractivity contribution >= 4 is 27.5 Å². The molecule has 0 aliphatic rings. The van der Waals surface area contributed by atoms with Crippen molar-refractivity contribution in [1.29, 1.82) is 0 Å². The van der Waals surface area contributed by atoms with Gasteiger partial charge in [0.05, 0.1) is 18.3 Å². The van der Waals surface area contributed by atoms with E-state index >= 15 is 0 Å². The first-order valence-electron chi connectivity index (χ1n) is 6.80. The van der Waals surface area contributed by atoms with Gasteiger partial charge in [-0.25, -0.2) is 13.2 Å². The van der Waals surface area contributed by atoms with Crippen LogP contribution in [0.4, 0.5) is 18.9 Å². The van der Waals surface area contributed by atoms with Crippen molar-refractivity contribution in [1.82, 2.24) is 5.32 Å². The molecule has 2 aromatic rings. The van der Waals surface area contributed by atoms with Crippen LogP contribution in [0.15, 0.2) is 40.9 Å². The van der Waals surface area contributed by atoms with E-state index in [1.807, 2.05) is 24.3 Å². The molecule has 0 fully saturated rings. The van der Waals surface area contributed by atoms with Crippen molar-refractivity contribution in [3.63, 3.8) is 0 Å². The second-order valence-electron chi connectivity index (χ2n) is 4.92. The van der Waals surface area contributed by atoms with Gasteiger partial charge in [0, 0.05) is 4.47 Å². The summed E-state index contributed by atoms with van der Waals surface area (Å²) in [5.41, 5.74) is 0.635. The molecule has 1 amide bonds. The Balaban J connectivity index is 1.92. The lowest BCUT2D eigenvalue weighted by Crippen LogP contribution is -2.32. The summed E-state index contributed by atoms with van der Waals surface area (Å²) in [6.45, 7) is 1.54. The molecule has 0 saturated heterocycles. The van der Waals surface area contributed by atoms with Gasteiger partial charge in [-0.1, -0.05) is 28.1 Å². The molecule has 0 bridgehead atoms. The number of hydrogen-bond donors (Lipinski definition) is 2. The standard InChI is InChI=1S/C16H14BrF3N2O/c1-9(10-2-4-11(17)5-3-10)22-14(23)8-21-13-7-6-12(18)15(19)16(13)20/h2-7,9,21H,8H2,1H3,(H,22,23). The summed E-state index contributed by atoms with van der Waals surface area (Å²) in [6.07, 6.45) is 0. The minimum atomic E-state index is -1.57. The molecule has 1 unspecified atom stereocenters. The zero-order chi connectivity index (χ0) is 17.0. The van der Waals surface area contributed by atoms with E-state index in [0.29, 0.717) is 0 Å². The Morgan fingerprint density at radius 1 is 1.09 bits per heavy atom. The SMILES string of the molecule is CC(NC(=O)CNc1ccc(F)c(F)c1F)c1ccc(Br)cc1. The van der Waals surface area contributed by atoms with E-state index < -0.39 is 23.4 Å². The number of halogens is 4.